The van der Waals surface area contributed by atoms with E-state index in [1.165, 1.54) is 17.9 Å². The van der Waals surface area contributed by atoms with Crippen LogP contribution in [-0.2, 0) is 14.3 Å². The van der Waals surface area contributed by atoms with E-state index in [1.807, 2.05) is 0 Å². The minimum Gasteiger partial charge on any atom is -0.443 e. The van der Waals surface area contributed by atoms with Crippen LogP contribution in [-0.4, -0.2) is 78.5 Å². The molecular formula is C24H34FN7O5. The summed E-state index contributed by atoms with van der Waals surface area (Å²) >= 11 is 0. The first kappa shape index (κ1) is 27.7. The van der Waals surface area contributed by atoms with Gasteiger partial charge >= 0.3 is 12.1 Å². The van der Waals surface area contributed by atoms with Crippen LogP contribution >= 0.6 is 0 Å². The van der Waals surface area contributed by atoms with E-state index in [0.717, 1.165) is 0 Å². The second-order valence-electron chi connectivity index (χ2n) is 10.2. The smallest absolute Gasteiger partial charge is 0.415 e. The van der Waals surface area contributed by atoms with Gasteiger partial charge in [0.05, 0.1) is 11.6 Å². The van der Waals surface area contributed by atoms with Crippen molar-refractivity contribution in [3.63, 3.8) is 0 Å². The van der Waals surface area contributed by atoms with Crippen molar-refractivity contribution in [2.75, 3.05) is 31.1 Å². The van der Waals surface area contributed by atoms with E-state index in [2.05, 4.69) is 16.0 Å². The van der Waals surface area contributed by atoms with Crippen molar-refractivity contribution in [1.29, 1.82) is 5.41 Å². The lowest BCUT2D eigenvalue weighted by atomic mass is 9.95. The Morgan fingerprint density at radius 3 is 2.57 bits per heavy atom. The summed E-state index contributed by atoms with van der Waals surface area (Å²) in [4.78, 5) is 51.1. The highest BCUT2D eigenvalue weighted by Crippen LogP contribution is 2.31. The minimum atomic E-state index is -0.917. The Morgan fingerprint density at radius 2 is 1.97 bits per heavy atom. The Labute approximate surface area is 214 Å². The molecule has 2 aliphatic heterocycles. The second-order valence-corrected chi connectivity index (χ2v) is 10.2. The molecule has 37 heavy (non-hydrogen) atoms. The third-order valence-corrected chi connectivity index (χ3v) is 6.10. The standard InChI is InChI=1S/C24H34FN7O5/c1-13(33)28-11-15-10-16(21(34)29-15)14-5-6-18(17(25)9-14)31-7-8-32(19(12-31)20(26)27)22(35)30-23(36)37-24(2,3)4/h5-6,9,15-16,19H,7-8,10-12H2,1-4H3,(H3,26,27)(H,28,33)(H,29,34)(H,30,35,36)/t15?,16?,19-/m0/s1. The molecule has 2 heterocycles. The summed E-state index contributed by atoms with van der Waals surface area (Å²) in [5.74, 6) is -1.83. The number of carbonyl (C=O) groups is 4. The normalized spacial score (nSPS) is 21.8. The number of urea groups is 1. The maximum atomic E-state index is 15.2. The van der Waals surface area contributed by atoms with E-state index < -0.39 is 35.5 Å². The van der Waals surface area contributed by atoms with Crippen LogP contribution in [0.2, 0.25) is 0 Å². The van der Waals surface area contributed by atoms with Crippen molar-refractivity contribution in [3.8, 4) is 0 Å². The molecular weight excluding hydrogens is 485 g/mol. The number of nitrogens with one attached hydrogen (secondary N) is 4. The topological polar surface area (TPSA) is 170 Å². The molecule has 1 aromatic rings. The summed E-state index contributed by atoms with van der Waals surface area (Å²) in [5, 5.41) is 15.6. The molecule has 2 fully saturated rings. The first-order chi connectivity index (χ1) is 17.2. The van der Waals surface area contributed by atoms with Gasteiger partial charge in [-0.25, -0.2) is 19.3 Å². The molecule has 3 rings (SSSR count). The highest BCUT2D eigenvalue weighted by atomic mass is 19.1. The van der Waals surface area contributed by atoms with Crippen LogP contribution in [0.25, 0.3) is 0 Å². The van der Waals surface area contributed by atoms with Crippen LogP contribution in [0.15, 0.2) is 18.2 Å². The number of anilines is 1. The number of alkyl carbamates (subject to hydrolysis) is 1. The lowest BCUT2D eigenvalue weighted by molar-refractivity contribution is -0.121. The number of hydrogen-bond donors (Lipinski definition) is 5. The van der Waals surface area contributed by atoms with E-state index in [-0.39, 0.29) is 49.0 Å². The largest absolute Gasteiger partial charge is 0.443 e. The average molecular weight is 520 g/mol. The monoisotopic (exact) mass is 519 g/mol. The van der Waals surface area contributed by atoms with Crippen LogP contribution in [0.1, 0.15) is 45.6 Å². The van der Waals surface area contributed by atoms with Crippen molar-refractivity contribution in [2.45, 2.75) is 57.7 Å². The fourth-order valence-electron chi connectivity index (χ4n) is 4.41. The molecule has 0 aromatic heterocycles. The maximum Gasteiger partial charge on any atom is 0.415 e. The third-order valence-electron chi connectivity index (χ3n) is 6.10. The third kappa shape index (κ3) is 7.08. The van der Waals surface area contributed by atoms with Crippen LogP contribution in [0.3, 0.4) is 0 Å². The highest BCUT2D eigenvalue weighted by Gasteiger charge is 2.36. The lowest BCUT2D eigenvalue weighted by Gasteiger charge is -2.41. The number of carbonyl (C=O) groups excluding carboxylic acids is 4. The van der Waals surface area contributed by atoms with Crippen LogP contribution < -0.4 is 26.6 Å². The van der Waals surface area contributed by atoms with Gasteiger partial charge in [0.25, 0.3) is 0 Å². The van der Waals surface area contributed by atoms with Gasteiger partial charge in [-0.2, -0.15) is 0 Å². The van der Waals surface area contributed by atoms with E-state index in [9.17, 15) is 19.2 Å². The molecule has 2 aliphatic rings. The molecule has 3 atom stereocenters. The molecule has 12 nitrogen and oxygen atoms in total. The molecule has 13 heteroatoms. The summed E-state index contributed by atoms with van der Waals surface area (Å²) in [6, 6.07) is 2.65. The van der Waals surface area contributed by atoms with E-state index in [1.54, 1.807) is 37.8 Å². The van der Waals surface area contributed by atoms with Crippen molar-refractivity contribution in [3.05, 3.63) is 29.6 Å². The number of amidine groups is 1. The summed E-state index contributed by atoms with van der Waals surface area (Å²) < 4.78 is 20.3. The van der Waals surface area contributed by atoms with Gasteiger partial charge in [0, 0.05) is 39.1 Å². The molecule has 0 spiro atoms. The molecule has 1 aromatic carbocycles. The number of ether oxygens (including phenoxy) is 1. The molecule has 0 saturated carbocycles. The average Bonchev–Trinajstić information content (AvgIpc) is 3.16. The second kappa shape index (κ2) is 11.0. The van der Waals surface area contributed by atoms with Gasteiger partial charge in [-0.3, -0.25) is 15.0 Å². The van der Waals surface area contributed by atoms with Gasteiger partial charge in [0.1, 0.15) is 23.3 Å². The quantitative estimate of drug-likeness (QED) is 0.285. The van der Waals surface area contributed by atoms with Crippen molar-refractivity contribution in [2.24, 2.45) is 5.73 Å². The number of amides is 5. The predicted molar refractivity (Wildman–Crippen MR) is 134 cm³/mol. The number of piperazine rings is 1. The zero-order valence-corrected chi connectivity index (χ0v) is 21.4. The Kier molecular flexibility index (Phi) is 8.24. The molecule has 2 unspecified atom stereocenters. The summed E-state index contributed by atoms with van der Waals surface area (Å²) in [6.45, 7) is 7.03. The van der Waals surface area contributed by atoms with E-state index >= 15 is 4.39 Å². The van der Waals surface area contributed by atoms with E-state index in [4.69, 9.17) is 15.9 Å². The Bertz CT molecular complexity index is 1090. The number of nitrogens with two attached hydrogens (primary N) is 1. The Hall–Kier alpha value is -3.90. The van der Waals surface area contributed by atoms with Crippen molar-refractivity contribution >= 4 is 35.5 Å². The zero-order valence-electron chi connectivity index (χ0n) is 21.4. The lowest BCUT2D eigenvalue weighted by Crippen LogP contribution is -2.62. The maximum absolute atomic E-state index is 15.2. The minimum absolute atomic E-state index is 0.0377. The molecule has 2 saturated heterocycles. The molecule has 0 bridgehead atoms. The number of hydrogen-bond acceptors (Lipinski definition) is 7. The van der Waals surface area contributed by atoms with Crippen LogP contribution in [0, 0.1) is 11.2 Å². The van der Waals surface area contributed by atoms with E-state index in [0.29, 0.717) is 18.5 Å². The highest BCUT2D eigenvalue weighted by molar-refractivity contribution is 5.95. The zero-order chi connectivity index (χ0) is 27.5. The summed E-state index contributed by atoms with van der Waals surface area (Å²) in [7, 11) is 0. The number of rotatable bonds is 5. The first-order valence-electron chi connectivity index (χ1n) is 12.0. The van der Waals surface area contributed by atoms with Gasteiger partial charge in [-0.1, -0.05) is 6.07 Å². The van der Waals surface area contributed by atoms with Gasteiger partial charge in [-0.05, 0) is 44.9 Å². The molecule has 5 amide bonds. The van der Waals surface area contributed by atoms with Gasteiger partial charge < -0.3 is 30.9 Å². The van der Waals surface area contributed by atoms with Crippen molar-refractivity contribution < 1.29 is 28.3 Å². The van der Waals surface area contributed by atoms with Crippen LogP contribution in [0.5, 0.6) is 0 Å². The molecule has 6 N–H and O–H groups in total. The SMILES string of the molecule is CC(=O)NCC1CC(c2ccc(N3CCN(C(=O)NC(=O)OC(C)(C)C)[C@H](C(=N)N)C3)c(F)c2)C(=O)N1. The number of benzene rings is 1. The molecule has 0 aliphatic carbocycles. The Balaban J connectivity index is 1.68. The van der Waals surface area contributed by atoms with Gasteiger partial charge in [0.2, 0.25) is 11.8 Å². The van der Waals surface area contributed by atoms with Crippen molar-refractivity contribution in [1.82, 2.24) is 20.9 Å². The number of halogens is 1. The van der Waals surface area contributed by atoms with Crippen LogP contribution in [0.4, 0.5) is 19.7 Å². The summed E-state index contributed by atoms with van der Waals surface area (Å²) in [6.07, 6.45) is -0.491. The first-order valence-corrected chi connectivity index (χ1v) is 12.0. The van der Waals surface area contributed by atoms with Gasteiger partial charge in [0.15, 0.2) is 0 Å². The van der Waals surface area contributed by atoms with Gasteiger partial charge in [-0.15, -0.1) is 0 Å². The fourth-order valence-corrected chi connectivity index (χ4v) is 4.41. The predicted octanol–water partition coefficient (Wildman–Crippen LogP) is 1.01. The number of nitrogens with zero attached hydrogens (tertiary/aromatic N) is 2. The summed E-state index contributed by atoms with van der Waals surface area (Å²) in [5.41, 5.74) is 5.71. The number of imide groups is 1. The molecule has 0 radical (unpaired) electrons. The Morgan fingerprint density at radius 1 is 1.27 bits per heavy atom. The molecule has 202 valence electrons. The fraction of sp³-hybridized carbons (Fsp3) is 0.542.